The van der Waals surface area contributed by atoms with E-state index in [1.807, 2.05) is 24.0 Å². The van der Waals surface area contributed by atoms with Gasteiger partial charge in [-0.3, -0.25) is 9.69 Å². The van der Waals surface area contributed by atoms with E-state index < -0.39 is 0 Å². The molecule has 126 valence electrons. The van der Waals surface area contributed by atoms with Gasteiger partial charge >= 0.3 is 0 Å². The Morgan fingerprint density at radius 1 is 1.50 bits per heavy atom. The van der Waals surface area contributed by atoms with Crippen molar-refractivity contribution < 1.29 is 4.79 Å². The Balaban J connectivity index is 0.00000242. The summed E-state index contributed by atoms with van der Waals surface area (Å²) in [4.78, 5) is 18.9. The Hall–Kier alpha value is -1.11. The van der Waals surface area contributed by atoms with E-state index in [0.29, 0.717) is 12.5 Å². The lowest BCUT2D eigenvalue weighted by Gasteiger charge is -2.35. The van der Waals surface area contributed by atoms with Crippen LogP contribution in [0.4, 0.5) is 0 Å². The van der Waals surface area contributed by atoms with Gasteiger partial charge in [0.05, 0.1) is 12.6 Å². The fraction of sp³-hybridized carbons (Fsp3) is 0.733. The summed E-state index contributed by atoms with van der Waals surface area (Å²) >= 11 is 0. The minimum atomic E-state index is 0. The van der Waals surface area contributed by atoms with Crippen LogP contribution >= 0.6 is 12.4 Å². The average Bonchev–Trinajstić information content (AvgIpc) is 2.85. The number of aryl methyl sites for hydroxylation is 1. The predicted octanol–water partition coefficient (Wildman–Crippen LogP) is 0.949. The first kappa shape index (κ1) is 18.9. The van der Waals surface area contributed by atoms with E-state index in [0.717, 1.165) is 25.5 Å². The van der Waals surface area contributed by atoms with Crippen LogP contribution in [0.1, 0.15) is 32.6 Å². The smallest absolute Gasteiger partial charge is 0.234 e. The van der Waals surface area contributed by atoms with E-state index in [4.69, 9.17) is 0 Å². The highest BCUT2D eigenvalue weighted by Gasteiger charge is 2.28. The summed E-state index contributed by atoms with van der Waals surface area (Å²) in [5.74, 6) is 1.55. The Bertz CT molecular complexity index is 476. The quantitative estimate of drug-likeness (QED) is 0.844. The zero-order valence-corrected chi connectivity index (χ0v) is 14.7. The number of rotatable bonds is 5. The van der Waals surface area contributed by atoms with Crippen molar-refractivity contribution in [2.45, 2.75) is 32.9 Å². The normalized spacial score (nSPS) is 20.5. The summed E-state index contributed by atoms with van der Waals surface area (Å²) in [6.45, 7) is 9.32. The Morgan fingerprint density at radius 3 is 2.82 bits per heavy atom. The van der Waals surface area contributed by atoms with E-state index in [9.17, 15) is 4.79 Å². The predicted molar refractivity (Wildman–Crippen MR) is 90.1 cm³/mol. The lowest BCUT2D eigenvalue weighted by Crippen LogP contribution is -2.51. The molecule has 1 amide bonds. The third-order valence-electron chi connectivity index (χ3n) is 4.25. The van der Waals surface area contributed by atoms with Crippen molar-refractivity contribution in [3.63, 3.8) is 0 Å². The van der Waals surface area contributed by atoms with E-state index in [1.165, 1.54) is 0 Å². The van der Waals surface area contributed by atoms with Gasteiger partial charge in [0.2, 0.25) is 5.91 Å². The van der Waals surface area contributed by atoms with Crippen LogP contribution in [-0.2, 0) is 11.8 Å². The van der Waals surface area contributed by atoms with Crippen molar-refractivity contribution in [1.82, 2.24) is 25.1 Å². The molecule has 0 bridgehead atoms. The number of hydrogen-bond acceptors (Lipinski definition) is 4. The standard InChI is InChI=1S/C15H27N5O.ClH/c1-11(2)12(3)18-14(21)10-20-8-5-16-9-13(20)15-17-6-7-19(15)4;/h6-7,11-13,16H,5,8-10H2,1-4H3,(H,18,21);1H. The maximum Gasteiger partial charge on any atom is 0.234 e. The van der Waals surface area contributed by atoms with Crippen molar-refractivity contribution in [2.75, 3.05) is 26.2 Å². The van der Waals surface area contributed by atoms with Crippen LogP contribution in [0.15, 0.2) is 12.4 Å². The van der Waals surface area contributed by atoms with Crippen LogP contribution in [0.3, 0.4) is 0 Å². The zero-order chi connectivity index (χ0) is 15.4. The minimum Gasteiger partial charge on any atom is -0.352 e. The molecule has 2 heterocycles. The maximum atomic E-state index is 12.2. The van der Waals surface area contributed by atoms with Crippen molar-refractivity contribution in [3.05, 3.63) is 18.2 Å². The van der Waals surface area contributed by atoms with Crippen LogP contribution in [0.2, 0.25) is 0 Å². The summed E-state index contributed by atoms with van der Waals surface area (Å²) in [7, 11) is 2.00. The van der Waals surface area contributed by atoms with Crippen molar-refractivity contribution in [1.29, 1.82) is 0 Å². The van der Waals surface area contributed by atoms with Gasteiger partial charge in [-0.05, 0) is 12.8 Å². The molecular formula is C15H28ClN5O. The Morgan fingerprint density at radius 2 is 2.23 bits per heavy atom. The molecule has 1 aromatic rings. The minimum absolute atomic E-state index is 0. The summed E-state index contributed by atoms with van der Waals surface area (Å²) in [6, 6.07) is 0.353. The van der Waals surface area contributed by atoms with E-state index in [1.54, 1.807) is 0 Å². The first-order chi connectivity index (χ1) is 9.99. The molecular weight excluding hydrogens is 302 g/mol. The van der Waals surface area contributed by atoms with Gasteiger partial charge in [0.25, 0.3) is 0 Å². The molecule has 0 radical (unpaired) electrons. The van der Waals surface area contributed by atoms with Gasteiger partial charge in [0.15, 0.2) is 0 Å². The van der Waals surface area contributed by atoms with Gasteiger partial charge in [0.1, 0.15) is 5.82 Å². The molecule has 1 saturated heterocycles. The molecule has 6 nitrogen and oxygen atoms in total. The molecule has 0 saturated carbocycles. The second-order valence-corrected chi connectivity index (χ2v) is 6.19. The highest BCUT2D eigenvalue weighted by Crippen LogP contribution is 2.19. The third kappa shape index (κ3) is 4.69. The van der Waals surface area contributed by atoms with E-state index >= 15 is 0 Å². The fourth-order valence-corrected chi connectivity index (χ4v) is 2.54. The largest absolute Gasteiger partial charge is 0.352 e. The second kappa shape index (κ2) is 8.50. The highest BCUT2D eigenvalue weighted by atomic mass is 35.5. The molecule has 0 aliphatic carbocycles. The van der Waals surface area contributed by atoms with E-state index in [-0.39, 0.29) is 30.4 Å². The molecule has 2 rings (SSSR count). The number of nitrogens with zero attached hydrogens (tertiary/aromatic N) is 3. The molecule has 1 aliphatic heterocycles. The first-order valence-electron chi connectivity index (χ1n) is 7.70. The topological polar surface area (TPSA) is 62.2 Å². The lowest BCUT2D eigenvalue weighted by atomic mass is 10.1. The fourth-order valence-electron chi connectivity index (χ4n) is 2.54. The van der Waals surface area contributed by atoms with Crippen LogP contribution < -0.4 is 10.6 Å². The molecule has 22 heavy (non-hydrogen) atoms. The molecule has 1 fully saturated rings. The Kier molecular flexibility index (Phi) is 7.32. The second-order valence-electron chi connectivity index (χ2n) is 6.19. The number of carbonyl (C=O) groups excluding carboxylic acids is 1. The van der Waals surface area contributed by atoms with Gasteiger partial charge in [-0.25, -0.2) is 4.98 Å². The van der Waals surface area contributed by atoms with Gasteiger partial charge in [-0.2, -0.15) is 0 Å². The number of nitrogens with one attached hydrogen (secondary N) is 2. The molecule has 1 aromatic heterocycles. The molecule has 7 heteroatoms. The van der Waals surface area contributed by atoms with Crippen molar-refractivity contribution in [2.24, 2.45) is 13.0 Å². The van der Waals surface area contributed by atoms with E-state index in [2.05, 4.69) is 41.3 Å². The molecule has 2 unspecified atom stereocenters. The zero-order valence-electron chi connectivity index (χ0n) is 13.9. The SMILES string of the molecule is CC(C)C(C)NC(=O)CN1CCNCC1c1nccn1C.Cl. The van der Waals surface area contributed by atoms with Crippen molar-refractivity contribution >= 4 is 18.3 Å². The average molecular weight is 330 g/mol. The molecule has 2 N–H and O–H groups in total. The van der Waals surface area contributed by atoms with Gasteiger partial charge in [-0.1, -0.05) is 13.8 Å². The van der Waals surface area contributed by atoms with Gasteiger partial charge < -0.3 is 15.2 Å². The third-order valence-corrected chi connectivity index (χ3v) is 4.25. The molecule has 0 spiro atoms. The summed E-state index contributed by atoms with van der Waals surface area (Å²) in [5, 5.41) is 6.46. The number of carbonyl (C=O) groups is 1. The maximum absolute atomic E-state index is 12.2. The first-order valence-corrected chi connectivity index (χ1v) is 7.70. The number of imidazole rings is 1. The number of amides is 1. The van der Waals surface area contributed by atoms with Crippen LogP contribution in [0, 0.1) is 5.92 Å². The van der Waals surface area contributed by atoms with Crippen molar-refractivity contribution in [3.8, 4) is 0 Å². The molecule has 1 aliphatic rings. The van der Waals surface area contributed by atoms with Crippen LogP contribution in [-0.4, -0.2) is 52.6 Å². The number of halogens is 1. The van der Waals surface area contributed by atoms with Crippen LogP contribution in [0.5, 0.6) is 0 Å². The summed E-state index contributed by atoms with van der Waals surface area (Å²) in [6.07, 6.45) is 3.76. The number of piperazine rings is 1. The Labute approximate surface area is 139 Å². The highest BCUT2D eigenvalue weighted by molar-refractivity contribution is 5.85. The monoisotopic (exact) mass is 329 g/mol. The lowest BCUT2D eigenvalue weighted by molar-refractivity contribution is -0.124. The molecule has 2 atom stereocenters. The molecule has 0 aromatic carbocycles. The van der Waals surface area contributed by atoms with Gasteiger partial charge in [0, 0.05) is 45.1 Å². The summed E-state index contributed by atoms with van der Waals surface area (Å²) < 4.78 is 2.03. The van der Waals surface area contributed by atoms with Crippen LogP contribution in [0.25, 0.3) is 0 Å². The summed E-state index contributed by atoms with van der Waals surface area (Å²) in [5.41, 5.74) is 0. The number of hydrogen-bond donors (Lipinski definition) is 2. The number of aromatic nitrogens is 2. The van der Waals surface area contributed by atoms with Gasteiger partial charge in [-0.15, -0.1) is 12.4 Å².